The van der Waals surface area contributed by atoms with E-state index in [4.69, 9.17) is 9.47 Å². The smallest absolute Gasteiger partial charge is 0.276 e. The van der Waals surface area contributed by atoms with Crippen LogP contribution in [0, 0.1) is 6.92 Å². The molecular formula is C21H26N2O4. The molecule has 0 radical (unpaired) electrons. The zero-order valence-corrected chi connectivity index (χ0v) is 16.0. The monoisotopic (exact) mass is 370 g/mol. The van der Waals surface area contributed by atoms with Gasteiger partial charge in [0.25, 0.3) is 11.8 Å². The quantitative estimate of drug-likeness (QED) is 0.700. The van der Waals surface area contributed by atoms with Crippen molar-refractivity contribution in [3.05, 3.63) is 59.7 Å². The number of hydrogen-bond donors (Lipinski definition) is 2. The number of hydrazine groups is 1. The molecule has 0 spiro atoms. The predicted molar refractivity (Wildman–Crippen MR) is 104 cm³/mol. The third kappa shape index (κ3) is 6.33. The Morgan fingerprint density at radius 2 is 1.41 bits per heavy atom. The van der Waals surface area contributed by atoms with Crippen molar-refractivity contribution in [2.75, 3.05) is 13.2 Å². The Hall–Kier alpha value is -3.02. The van der Waals surface area contributed by atoms with Gasteiger partial charge in [0.05, 0.1) is 0 Å². The summed E-state index contributed by atoms with van der Waals surface area (Å²) >= 11 is 0. The van der Waals surface area contributed by atoms with Crippen molar-refractivity contribution in [1.82, 2.24) is 10.9 Å². The Morgan fingerprint density at radius 1 is 0.889 bits per heavy atom. The summed E-state index contributed by atoms with van der Waals surface area (Å²) in [7, 11) is 0. The first-order valence-electron chi connectivity index (χ1n) is 8.99. The van der Waals surface area contributed by atoms with Gasteiger partial charge in [-0.05, 0) is 42.5 Å². The van der Waals surface area contributed by atoms with E-state index in [1.165, 1.54) is 0 Å². The van der Waals surface area contributed by atoms with E-state index in [0.29, 0.717) is 17.4 Å². The first kappa shape index (κ1) is 20.3. The number of para-hydroxylation sites is 2. The van der Waals surface area contributed by atoms with E-state index >= 15 is 0 Å². The van der Waals surface area contributed by atoms with Crippen LogP contribution < -0.4 is 20.3 Å². The van der Waals surface area contributed by atoms with Gasteiger partial charge in [-0.1, -0.05) is 50.2 Å². The van der Waals surface area contributed by atoms with Crippen molar-refractivity contribution in [3.8, 4) is 11.5 Å². The fourth-order valence-corrected chi connectivity index (χ4v) is 2.46. The molecule has 0 aliphatic heterocycles. The van der Waals surface area contributed by atoms with Gasteiger partial charge in [0.1, 0.15) is 11.5 Å². The molecule has 27 heavy (non-hydrogen) atoms. The molecule has 0 bridgehead atoms. The van der Waals surface area contributed by atoms with E-state index in [1.807, 2.05) is 49.4 Å². The molecule has 6 nitrogen and oxygen atoms in total. The molecule has 0 aromatic heterocycles. The Morgan fingerprint density at radius 3 is 2.00 bits per heavy atom. The molecule has 2 N–H and O–H groups in total. The second kappa shape index (κ2) is 10.2. The second-order valence-electron chi connectivity index (χ2n) is 6.29. The van der Waals surface area contributed by atoms with Crippen LogP contribution in [-0.2, 0) is 9.59 Å². The molecule has 2 amide bonds. The molecule has 2 aromatic rings. The van der Waals surface area contributed by atoms with Gasteiger partial charge < -0.3 is 9.47 Å². The van der Waals surface area contributed by atoms with E-state index in [-0.39, 0.29) is 13.2 Å². The fourth-order valence-electron chi connectivity index (χ4n) is 2.46. The number of carbonyl (C=O) groups excluding carboxylic acids is 2. The van der Waals surface area contributed by atoms with E-state index in [2.05, 4.69) is 24.7 Å². The first-order chi connectivity index (χ1) is 13.0. The topological polar surface area (TPSA) is 76.7 Å². The van der Waals surface area contributed by atoms with Gasteiger partial charge in [-0.15, -0.1) is 0 Å². The van der Waals surface area contributed by atoms with Crippen LogP contribution in [0.15, 0.2) is 48.5 Å². The minimum absolute atomic E-state index is 0.188. The highest BCUT2D eigenvalue weighted by molar-refractivity contribution is 5.83. The van der Waals surface area contributed by atoms with E-state index < -0.39 is 11.8 Å². The Balaban J connectivity index is 1.75. The highest BCUT2D eigenvalue weighted by Gasteiger charge is 2.12. The third-order valence-electron chi connectivity index (χ3n) is 4.21. The van der Waals surface area contributed by atoms with Crippen LogP contribution in [0.3, 0.4) is 0 Å². The molecule has 1 unspecified atom stereocenters. The number of nitrogens with one attached hydrogen (secondary N) is 2. The number of carbonyl (C=O) groups is 2. The Kier molecular flexibility index (Phi) is 7.67. The van der Waals surface area contributed by atoms with E-state index in [0.717, 1.165) is 17.5 Å². The minimum Gasteiger partial charge on any atom is -0.483 e. The minimum atomic E-state index is -0.452. The van der Waals surface area contributed by atoms with Gasteiger partial charge in [-0.25, -0.2) is 0 Å². The van der Waals surface area contributed by atoms with Crippen LogP contribution in [0.2, 0.25) is 0 Å². The number of aryl methyl sites for hydroxylation is 1. The standard InChI is InChI=1S/C21H26N2O4/c1-4-15(2)17-10-6-8-12-19(17)27-14-21(25)23-22-20(24)13-26-18-11-7-5-9-16(18)3/h5-12,15H,4,13-14H2,1-3H3,(H,22,24)(H,23,25). The summed E-state index contributed by atoms with van der Waals surface area (Å²) < 4.78 is 11.0. The Labute approximate surface area is 159 Å². The molecule has 0 aliphatic rings. The summed E-state index contributed by atoms with van der Waals surface area (Å²) in [5.41, 5.74) is 6.63. The van der Waals surface area contributed by atoms with Gasteiger partial charge in [-0.2, -0.15) is 0 Å². The molecule has 6 heteroatoms. The number of rotatable bonds is 8. The van der Waals surface area contributed by atoms with Gasteiger partial charge in [0.2, 0.25) is 0 Å². The molecule has 0 aliphatic carbocycles. The normalized spacial score (nSPS) is 11.4. The van der Waals surface area contributed by atoms with Crippen LogP contribution in [0.5, 0.6) is 11.5 Å². The maximum absolute atomic E-state index is 11.9. The SMILES string of the molecule is CCC(C)c1ccccc1OCC(=O)NNC(=O)COc1ccccc1C. The summed E-state index contributed by atoms with van der Waals surface area (Å²) in [4.78, 5) is 23.7. The first-order valence-corrected chi connectivity index (χ1v) is 8.99. The van der Waals surface area contributed by atoms with Gasteiger partial charge in [0.15, 0.2) is 13.2 Å². The summed E-state index contributed by atoms with van der Waals surface area (Å²) in [6.07, 6.45) is 0.976. The van der Waals surface area contributed by atoms with Crippen molar-refractivity contribution >= 4 is 11.8 Å². The largest absolute Gasteiger partial charge is 0.483 e. The number of amides is 2. The van der Waals surface area contributed by atoms with Crippen LogP contribution in [0.25, 0.3) is 0 Å². The number of benzene rings is 2. The maximum Gasteiger partial charge on any atom is 0.276 e. The predicted octanol–water partition coefficient (Wildman–Crippen LogP) is 3.11. The lowest BCUT2D eigenvalue weighted by atomic mass is 9.98. The van der Waals surface area contributed by atoms with Gasteiger partial charge >= 0.3 is 0 Å². The molecule has 0 saturated carbocycles. The van der Waals surface area contributed by atoms with Crippen molar-refractivity contribution in [2.24, 2.45) is 0 Å². The fraction of sp³-hybridized carbons (Fsp3) is 0.333. The zero-order chi connectivity index (χ0) is 19.6. The lowest BCUT2D eigenvalue weighted by molar-refractivity contribution is -0.131. The van der Waals surface area contributed by atoms with E-state index in [1.54, 1.807) is 6.07 Å². The molecule has 0 saturated heterocycles. The summed E-state index contributed by atoms with van der Waals surface area (Å²) in [6.45, 7) is 5.72. The number of hydrogen-bond acceptors (Lipinski definition) is 4. The van der Waals surface area contributed by atoms with Crippen molar-refractivity contribution < 1.29 is 19.1 Å². The lowest BCUT2D eigenvalue weighted by Gasteiger charge is -2.15. The van der Waals surface area contributed by atoms with Gasteiger partial charge in [-0.3, -0.25) is 20.4 Å². The zero-order valence-electron chi connectivity index (χ0n) is 16.0. The van der Waals surface area contributed by atoms with E-state index in [9.17, 15) is 9.59 Å². The third-order valence-corrected chi connectivity index (χ3v) is 4.21. The second-order valence-corrected chi connectivity index (χ2v) is 6.29. The molecule has 0 fully saturated rings. The summed E-state index contributed by atoms with van der Waals surface area (Å²) in [6, 6.07) is 15.0. The van der Waals surface area contributed by atoms with Crippen LogP contribution in [-0.4, -0.2) is 25.0 Å². The average molecular weight is 370 g/mol. The molecular weight excluding hydrogens is 344 g/mol. The maximum atomic E-state index is 11.9. The average Bonchev–Trinajstić information content (AvgIpc) is 2.69. The summed E-state index contributed by atoms with van der Waals surface area (Å²) in [5, 5.41) is 0. The molecule has 0 heterocycles. The Bertz CT molecular complexity index is 776. The van der Waals surface area contributed by atoms with Gasteiger partial charge in [0, 0.05) is 0 Å². The van der Waals surface area contributed by atoms with Crippen molar-refractivity contribution in [1.29, 1.82) is 0 Å². The highest BCUT2D eigenvalue weighted by Crippen LogP contribution is 2.28. The molecule has 2 aromatic carbocycles. The van der Waals surface area contributed by atoms with Crippen molar-refractivity contribution in [2.45, 2.75) is 33.1 Å². The molecule has 144 valence electrons. The van der Waals surface area contributed by atoms with Crippen molar-refractivity contribution in [3.63, 3.8) is 0 Å². The van der Waals surface area contributed by atoms with Crippen LogP contribution in [0.1, 0.15) is 37.3 Å². The number of ether oxygens (including phenoxy) is 2. The highest BCUT2D eigenvalue weighted by atomic mass is 16.5. The van der Waals surface area contributed by atoms with Crippen LogP contribution in [0.4, 0.5) is 0 Å². The summed E-state index contributed by atoms with van der Waals surface area (Å²) in [5.74, 6) is 0.743. The molecule has 2 rings (SSSR count). The lowest BCUT2D eigenvalue weighted by Crippen LogP contribution is -2.45. The molecule has 1 atom stereocenters. The van der Waals surface area contributed by atoms with Crippen LogP contribution >= 0.6 is 0 Å².